The first-order valence-electron chi connectivity index (χ1n) is 6.81. The fraction of sp³-hybridized carbons (Fsp3) is 0.571. The molecule has 2 rings (SSSR count). The number of pyridine rings is 1. The van der Waals surface area contributed by atoms with Gasteiger partial charge in [-0.1, -0.05) is 0 Å². The van der Waals surface area contributed by atoms with Crippen molar-refractivity contribution in [2.45, 2.75) is 38.3 Å². The minimum absolute atomic E-state index is 0.0181. The molecule has 0 spiro atoms. The lowest BCUT2D eigenvalue weighted by molar-refractivity contribution is -0.124. The molecular formula is C14H21N3O3. The van der Waals surface area contributed by atoms with E-state index < -0.39 is 5.54 Å². The molecule has 2 heterocycles. The maximum atomic E-state index is 12.4. The standard InChI is InChI=1S/C14H21N3O3/c1-10(2)20-12-11(4-3-7-16-12)17-13(18)14(15)5-8-19-9-6-14/h3-4,7,10H,5-6,8-9,15H2,1-2H3,(H,17,18). The smallest absolute Gasteiger partial charge is 0.244 e. The Hall–Kier alpha value is -1.66. The van der Waals surface area contributed by atoms with Gasteiger partial charge in [0.15, 0.2) is 0 Å². The summed E-state index contributed by atoms with van der Waals surface area (Å²) in [7, 11) is 0. The third kappa shape index (κ3) is 3.46. The molecule has 1 aliphatic heterocycles. The van der Waals surface area contributed by atoms with Crippen molar-refractivity contribution >= 4 is 11.6 Å². The number of carbonyl (C=O) groups is 1. The lowest BCUT2D eigenvalue weighted by Gasteiger charge is -2.31. The Morgan fingerprint density at radius 3 is 2.85 bits per heavy atom. The Morgan fingerprint density at radius 2 is 2.20 bits per heavy atom. The van der Waals surface area contributed by atoms with Gasteiger partial charge in [-0.2, -0.15) is 0 Å². The molecule has 20 heavy (non-hydrogen) atoms. The largest absolute Gasteiger partial charge is 0.473 e. The number of ether oxygens (including phenoxy) is 2. The summed E-state index contributed by atoms with van der Waals surface area (Å²) < 4.78 is 10.8. The monoisotopic (exact) mass is 279 g/mol. The molecule has 0 radical (unpaired) electrons. The highest BCUT2D eigenvalue weighted by molar-refractivity contribution is 5.98. The lowest BCUT2D eigenvalue weighted by atomic mass is 9.90. The molecule has 0 aliphatic carbocycles. The third-order valence-electron chi connectivity index (χ3n) is 3.20. The first-order chi connectivity index (χ1) is 9.51. The van der Waals surface area contributed by atoms with Crippen LogP contribution in [0.2, 0.25) is 0 Å². The molecule has 1 amide bonds. The highest BCUT2D eigenvalue weighted by Gasteiger charge is 2.36. The number of nitrogens with zero attached hydrogens (tertiary/aromatic N) is 1. The molecule has 0 atom stereocenters. The van der Waals surface area contributed by atoms with E-state index in [2.05, 4.69) is 10.3 Å². The molecule has 1 saturated heterocycles. The molecule has 0 bridgehead atoms. The van der Waals surface area contributed by atoms with E-state index in [1.165, 1.54) is 0 Å². The molecule has 0 saturated carbocycles. The lowest BCUT2D eigenvalue weighted by Crippen LogP contribution is -2.54. The molecule has 0 unspecified atom stereocenters. The second kappa shape index (κ2) is 6.19. The maximum Gasteiger partial charge on any atom is 0.244 e. The summed E-state index contributed by atoms with van der Waals surface area (Å²) in [6.07, 6.45) is 2.63. The van der Waals surface area contributed by atoms with E-state index in [9.17, 15) is 4.79 Å². The maximum absolute atomic E-state index is 12.4. The number of anilines is 1. The summed E-state index contributed by atoms with van der Waals surface area (Å²) >= 11 is 0. The van der Waals surface area contributed by atoms with Crippen LogP contribution in [0.4, 0.5) is 5.69 Å². The summed E-state index contributed by atoms with van der Waals surface area (Å²) in [5, 5.41) is 2.82. The van der Waals surface area contributed by atoms with Crippen molar-refractivity contribution in [1.82, 2.24) is 4.98 Å². The predicted octanol–water partition coefficient (Wildman–Crippen LogP) is 1.32. The Kier molecular flexibility index (Phi) is 4.57. The quantitative estimate of drug-likeness (QED) is 0.868. The van der Waals surface area contributed by atoms with Gasteiger partial charge < -0.3 is 20.5 Å². The first-order valence-corrected chi connectivity index (χ1v) is 6.81. The average Bonchev–Trinajstić information content (AvgIpc) is 2.41. The van der Waals surface area contributed by atoms with Crippen LogP contribution >= 0.6 is 0 Å². The van der Waals surface area contributed by atoms with Gasteiger partial charge in [0.25, 0.3) is 0 Å². The highest BCUT2D eigenvalue weighted by atomic mass is 16.5. The molecule has 1 aromatic rings. The van der Waals surface area contributed by atoms with Crippen molar-refractivity contribution in [1.29, 1.82) is 0 Å². The minimum atomic E-state index is -0.886. The number of aromatic nitrogens is 1. The molecule has 0 aromatic carbocycles. The molecule has 1 aliphatic rings. The van der Waals surface area contributed by atoms with E-state index in [0.29, 0.717) is 37.6 Å². The van der Waals surface area contributed by atoms with E-state index in [0.717, 1.165) is 0 Å². The summed E-state index contributed by atoms with van der Waals surface area (Å²) in [6.45, 7) is 4.82. The Labute approximate surface area is 118 Å². The number of hydrogen-bond donors (Lipinski definition) is 2. The van der Waals surface area contributed by atoms with E-state index in [4.69, 9.17) is 15.2 Å². The summed E-state index contributed by atoms with van der Waals surface area (Å²) in [4.78, 5) is 16.5. The molecule has 6 nitrogen and oxygen atoms in total. The van der Waals surface area contributed by atoms with E-state index >= 15 is 0 Å². The van der Waals surface area contributed by atoms with Crippen molar-refractivity contribution in [3.05, 3.63) is 18.3 Å². The first kappa shape index (κ1) is 14.7. The number of nitrogens with one attached hydrogen (secondary N) is 1. The molecule has 110 valence electrons. The predicted molar refractivity (Wildman–Crippen MR) is 75.6 cm³/mol. The van der Waals surface area contributed by atoms with Gasteiger partial charge in [-0.05, 0) is 38.8 Å². The number of nitrogens with two attached hydrogens (primary N) is 1. The van der Waals surface area contributed by atoms with Crippen LogP contribution in [0, 0.1) is 0 Å². The number of rotatable bonds is 4. The molecule has 1 aromatic heterocycles. The van der Waals surface area contributed by atoms with Gasteiger partial charge in [-0.3, -0.25) is 4.79 Å². The summed E-state index contributed by atoms with van der Waals surface area (Å²) in [6, 6.07) is 3.50. The average molecular weight is 279 g/mol. The van der Waals surface area contributed by atoms with Crippen LogP contribution in [0.25, 0.3) is 0 Å². The van der Waals surface area contributed by atoms with Gasteiger partial charge in [0, 0.05) is 19.4 Å². The number of amides is 1. The Balaban J connectivity index is 2.11. The fourth-order valence-electron chi connectivity index (χ4n) is 2.01. The summed E-state index contributed by atoms with van der Waals surface area (Å²) in [5.41, 5.74) is 5.81. The second-order valence-corrected chi connectivity index (χ2v) is 5.25. The SMILES string of the molecule is CC(C)Oc1ncccc1NC(=O)C1(N)CCOCC1. The van der Waals surface area contributed by atoms with Gasteiger partial charge in [-0.25, -0.2) is 4.98 Å². The van der Waals surface area contributed by atoms with Gasteiger partial charge in [0.1, 0.15) is 11.2 Å². The summed E-state index contributed by atoms with van der Waals surface area (Å²) in [5.74, 6) is 0.189. The van der Waals surface area contributed by atoms with E-state index in [1.54, 1.807) is 18.3 Å². The molecular weight excluding hydrogens is 258 g/mol. The van der Waals surface area contributed by atoms with Crippen molar-refractivity contribution in [3.63, 3.8) is 0 Å². The minimum Gasteiger partial charge on any atom is -0.473 e. The van der Waals surface area contributed by atoms with Crippen molar-refractivity contribution < 1.29 is 14.3 Å². The highest BCUT2D eigenvalue weighted by Crippen LogP contribution is 2.25. The van der Waals surface area contributed by atoms with Gasteiger partial charge in [0.05, 0.1) is 6.10 Å². The second-order valence-electron chi connectivity index (χ2n) is 5.25. The van der Waals surface area contributed by atoms with Crippen LogP contribution < -0.4 is 15.8 Å². The third-order valence-corrected chi connectivity index (χ3v) is 3.20. The van der Waals surface area contributed by atoms with Crippen LogP contribution in [-0.2, 0) is 9.53 Å². The zero-order valence-electron chi connectivity index (χ0n) is 11.9. The van der Waals surface area contributed by atoms with Crippen molar-refractivity contribution in [3.8, 4) is 5.88 Å². The van der Waals surface area contributed by atoms with Crippen LogP contribution in [-0.4, -0.2) is 35.7 Å². The van der Waals surface area contributed by atoms with Gasteiger partial charge in [-0.15, -0.1) is 0 Å². The van der Waals surface area contributed by atoms with Crippen LogP contribution in [0.5, 0.6) is 5.88 Å². The van der Waals surface area contributed by atoms with Crippen LogP contribution in [0.3, 0.4) is 0 Å². The topological polar surface area (TPSA) is 86.5 Å². The number of hydrogen-bond acceptors (Lipinski definition) is 5. The van der Waals surface area contributed by atoms with Gasteiger partial charge >= 0.3 is 0 Å². The molecule has 1 fully saturated rings. The zero-order valence-corrected chi connectivity index (χ0v) is 11.9. The molecule has 3 N–H and O–H groups in total. The van der Waals surface area contributed by atoms with E-state index in [1.807, 2.05) is 13.8 Å². The Bertz CT molecular complexity index is 470. The Morgan fingerprint density at radius 1 is 1.50 bits per heavy atom. The number of carbonyl (C=O) groups excluding carboxylic acids is 1. The van der Waals surface area contributed by atoms with E-state index in [-0.39, 0.29) is 12.0 Å². The molecule has 6 heteroatoms. The van der Waals surface area contributed by atoms with Gasteiger partial charge in [0.2, 0.25) is 11.8 Å². The van der Waals surface area contributed by atoms with Crippen LogP contribution in [0.1, 0.15) is 26.7 Å². The zero-order chi connectivity index (χ0) is 14.6. The van der Waals surface area contributed by atoms with Crippen LogP contribution in [0.15, 0.2) is 18.3 Å². The van der Waals surface area contributed by atoms with Crippen molar-refractivity contribution in [2.24, 2.45) is 5.73 Å². The van der Waals surface area contributed by atoms with Crippen molar-refractivity contribution in [2.75, 3.05) is 18.5 Å². The normalized spacial score (nSPS) is 17.8. The fourth-order valence-corrected chi connectivity index (χ4v) is 2.01.